The maximum Gasteiger partial charge on any atom is 0.270 e. The SMILES string of the molecule is O=C(NC1CCCC1)c1cc(NCc2ccc(Cl)cc2)ccn1. The van der Waals surface area contributed by atoms with Crippen LogP contribution in [0.3, 0.4) is 0 Å². The summed E-state index contributed by atoms with van der Waals surface area (Å²) < 4.78 is 0. The van der Waals surface area contributed by atoms with E-state index in [0.717, 1.165) is 29.1 Å². The summed E-state index contributed by atoms with van der Waals surface area (Å²) in [7, 11) is 0. The summed E-state index contributed by atoms with van der Waals surface area (Å²) in [5.74, 6) is -0.0907. The van der Waals surface area contributed by atoms with E-state index in [1.807, 2.05) is 30.3 Å². The van der Waals surface area contributed by atoms with Gasteiger partial charge in [0.2, 0.25) is 0 Å². The summed E-state index contributed by atoms with van der Waals surface area (Å²) in [5, 5.41) is 7.09. The Labute approximate surface area is 141 Å². The van der Waals surface area contributed by atoms with Gasteiger partial charge in [0.05, 0.1) is 0 Å². The molecule has 1 aromatic carbocycles. The minimum absolute atomic E-state index is 0.0907. The van der Waals surface area contributed by atoms with Gasteiger partial charge in [0.1, 0.15) is 5.69 Å². The fourth-order valence-electron chi connectivity index (χ4n) is 2.80. The van der Waals surface area contributed by atoms with Crippen molar-refractivity contribution in [3.05, 3.63) is 58.9 Å². The van der Waals surface area contributed by atoms with Gasteiger partial charge in [0, 0.05) is 29.5 Å². The Hall–Kier alpha value is -2.07. The first-order chi connectivity index (χ1) is 11.2. The van der Waals surface area contributed by atoms with Crippen LogP contribution in [0.1, 0.15) is 41.7 Å². The second kappa shape index (κ2) is 7.47. The molecule has 1 heterocycles. The molecule has 0 bridgehead atoms. The van der Waals surface area contributed by atoms with Crippen LogP contribution in [0.25, 0.3) is 0 Å². The van der Waals surface area contributed by atoms with Gasteiger partial charge in [0.15, 0.2) is 0 Å². The van der Waals surface area contributed by atoms with Crippen LogP contribution in [-0.2, 0) is 6.54 Å². The number of aromatic nitrogens is 1. The summed E-state index contributed by atoms with van der Waals surface area (Å²) in [5.41, 5.74) is 2.47. The molecule has 5 heteroatoms. The van der Waals surface area contributed by atoms with Crippen LogP contribution in [-0.4, -0.2) is 16.9 Å². The topological polar surface area (TPSA) is 54.0 Å². The van der Waals surface area contributed by atoms with Crippen LogP contribution in [0.2, 0.25) is 5.02 Å². The maximum atomic E-state index is 12.2. The van der Waals surface area contributed by atoms with Gasteiger partial charge in [-0.3, -0.25) is 9.78 Å². The van der Waals surface area contributed by atoms with E-state index in [4.69, 9.17) is 11.6 Å². The van der Waals surface area contributed by atoms with Gasteiger partial charge in [-0.25, -0.2) is 0 Å². The van der Waals surface area contributed by atoms with E-state index in [2.05, 4.69) is 15.6 Å². The fourth-order valence-corrected chi connectivity index (χ4v) is 2.93. The molecule has 3 rings (SSSR count). The molecule has 23 heavy (non-hydrogen) atoms. The number of rotatable bonds is 5. The number of nitrogens with one attached hydrogen (secondary N) is 2. The Balaban J connectivity index is 1.60. The largest absolute Gasteiger partial charge is 0.381 e. The third-order valence-electron chi connectivity index (χ3n) is 4.09. The minimum Gasteiger partial charge on any atom is -0.381 e. The number of amides is 1. The van der Waals surface area contributed by atoms with Crippen molar-refractivity contribution in [2.75, 3.05) is 5.32 Å². The van der Waals surface area contributed by atoms with E-state index in [1.165, 1.54) is 12.8 Å². The molecule has 0 saturated heterocycles. The monoisotopic (exact) mass is 329 g/mol. The lowest BCUT2D eigenvalue weighted by Gasteiger charge is -2.12. The number of pyridine rings is 1. The van der Waals surface area contributed by atoms with Crippen LogP contribution in [0.4, 0.5) is 5.69 Å². The number of halogens is 1. The Morgan fingerprint density at radius 3 is 2.65 bits per heavy atom. The third-order valence-corrected chi connectivity index (χ3v) is 4.34. The highest BCUT2D eigenvalue weighted by Gasteiger charge is 2.18. The number of benzene rings is 1. The number of carbonyl (C=O) groups is 1. The molecule has 120 valence electrons. The zero-order valence-corrected chi connectivity index (χ0v) is 13.6. The summed E-state index contributed by atoms with van der Waals surface area (Å²) in [4.78, 5) is 16.4. The molecule has 2 N–H and O–H groups in total. The molecule has 1 aliphatic carbocycles. The number of hydrogen-bond acceptors (Lipinski definition) is 3. The van der Waals surface area contributed by atoms with Crippen molar-refractivity contribution in [2.45, 2.75) is 38.3 Å². The number of carbonyl (C=O) groups excluding carboxylic acids is 1. The van der Waals surface area contributed by atoms with Gasteiger partial charge >= 0.3 is 0 Å². The minimum atomic E-state index is -0.0907. The Morgan fingerprint density at radius 1 is 1.17 bits per heavy atom. The molecule has 1 amide bonds. The van der Waals surface area contributed by atoms with E-state index in [9.17, 15) is 4.79 Å². The first kappa shape index (κ1) is 15.8. The fraction of sp³-hybridized carbons (Fsp3) is 0.333. The van der Waals surface area contributed by atoms with Crippen molar-refractivity contribution in [1.82, 2.24) is 10.3 Å². The Kier molecular flexibility index (Phi) is 5.13. The van der Waals surface area contributed by atoms with Crippen molar-refractivity contribution in [3.8, 4) is 0 Å². The molecule has 0 spiro atoms. The standard InChI is InChI=1S/C18H20ClN3O/c19-14-7-5-13(6-8-14)12-21-16-9-10-20-17(11-16)18(23)22-15-3-1-2-4-15/h5-11,15H,1-4,12H2,(H,20,21)(H,22,23). The molecule has 1 fully saturated rings. The van der Waals surface area contributed by atoms with Gasteiger partial charge in [0.25, 0.3) is 5.91 Å². The number of hydrogen-bond donors (Lipinski definition) is 2. The van der Waals surface area contributed by atoms with E-state index in [1.54, 1.807) is 12.3 Å². The number of anilines is 1. The highest BCUT2D eigenvalue weighted by Crippen LogP contribution is 2.18. The Morgan fingerprint density at radius 2 is 1.91 bits per heavy atom. The van der Waals surface area contributed by atoms with Crippen molar-refractivity contribution >= 4 is 23.2 Å². The van der Waals surface area contributed by atoms with Gasteiger partial charge in [-0.2, -0.15) is 0 Å². The lowest BCUT2D eigenvalue weighted by molar-refractivity contribution is 0.0933. The van der Waals surface area contributed by atoms with E-state index >= 15 is 0 Å². The molecule has 1 aliphatic rings. The van der Waals surface area contributed by atoms with Gasteiger partial charge < -0.3 is 10.6 Å². The molecule has 0 radical (unpaired) electrons. The van der Waals surface area contributed by atoms with Crippen LogP contribution < -0.4 is 10.6 Å². The molecule has 1 saturated carbocycles. The first-order valence-electron chi connectivity index (χ1n) is 7.96. The van der Waals surface area contributed by atoms with Crippen LogP contribution >= 0.6 is 11.6 Å². The zero-order chi connectivity index (χ0) is 16.1. The third kappa shape index (κ3) is 4.45. The highest BCUT2D eigenvalue weighted by molar-refractivity contribution is 6.30. The summed E-state index contributed by atoms with van der Waals surface area (Å²) in [6.45, 7) is 0.671. The normalized spacial score (nSPS) is 14.7. The van der Waals surface area contributed by atoms with E-state index < -0.39 is 0 Å². The van der Waals surface area contributed by atoms with Gasteiger partial charge in [-0.15, -0.1) is 0 Å². The molecule has 1 aromatic heterocycles. The average molecular weight is 330 g/mol. The lowest BCUT2D eigenvalue weighted by Crippen LogP contribution is -2.33. The predicted molar refractivity (Wildman–Crippen MR) is 92.7 cm³/mol. The van der Waals surface area contributed by atoms with Gasteiger partial charge in [-0.1, -0.05) is 36.6 Å². The van der Waals surface area contributed by atoms with Crippen LogP contribution in [0, 0.1) is 0 Å². The molecule has 2 aromatic rings. The van der Waals surface area contributed by atoms with E-state index in [0.29, 0.717) is 18.3 Å². The molecule has 4 nitrogen and oxygen atoms in total. The van der Waals surface area contributed by atoms with Crippen LogP contribution in [0.15, 0.2) is 42.6 Å². The summed E-state index contributed by atoms with van der Waals surface area (Å²) in [6.07, 6.45) is 6.19. The van der Waals surface area contributed by atoms with Crippen molar-refractivity contribution in [3.63, 3.8) is 0 Å². The Bertz CT molecular complexity index is 666. The summed E-state index contributed by atoms with van der Waals surface area (Å²) in [6, 6.07) is 11.6. The highest BCUT2D eigenvalue weighted by atomic mass is 35.5. The van der Waals surface area contributed by atoms with Gasteiger partial charge in [-0.05, 0) is 42.7 Å². The van der Waals surface area contributed by atoms with E-state index in [-0.39, 0.29) is 5.91 Å². The second-order valence-corrected chi connectivity index (χ2v) is 6.30. The molecule has 0 unspecified atom stereocenters. The quantitative estimate of drug-likeness (QED) is 0.871. The average Bonchev–Trinajstić information content (AvgIpc) is 3.07. The number of nitrogens with zero attached hydrogens (tertiary/aromatic N) is 1. The molecular formula is C18H20ClN3O. The van der Waals surface area contributed by atoms with Crippen molar-refractivity contribution in [1.29, 1.82) is 0 Å². The lowest BCUT2D eigenvalue weighted by atomic mass is 10.2. The maximum absolute atomic E-state index is 12.2. The zero-order valence-electron chi connectivity index (χ0n) is 12.9. The molecule has 0 atom stereocenters. The van der Waals surface area contributed by atoms with Crippen LogP contribution in [0.5, 0.6) is 0 Å². The molecular weight excluding hydrogens is 310 g/mol. The molecule has 0 aliphatic heterocycles. The summed E-state index contributed by atoms with van der Waals surface area (Å²) >= 11 is 5.88. The predicted octanol–water partition coefficient (Wildman–Crippen LogP) is 4.02. The van der Waals surface area contributed by atoms with Crippen molar-refractivity contribution in [2.24, 2.45) is 0 Å². The smallest absolute Gasteiger partial charge is 0.270 e. The second-order valence-electron chi connectivity index (χ2n) is 5.86. The first-order valence-corrected chi connectivity index (χ1v) is 8.34. The van der Waals surface area contributed by atoms with Crippen molar-refractivity contribution < 1.29 is 4.79 Å².